The number of benzene rings is 1. The van der Waals surface area contributed by atoms with E-state index in [-0.39, 0.29) is 5.39 Å². The average Bonchev–Trinajstić information content (AvgIpc) is 3.47. The number of nitrogens with zero attached hydrogens (tertiary/aromatic N) is 3. The van der Waals surface area contributed by atoms with Gasteiger partial charge in [0.15, 0.2) is 0 Å². The normalized spacial score (nSPS) is 14.8. The van der Waals surface area contributed by atoms with Crippen LogP contribution in [0, 0.1) is 13.8 Å². The molecule has 8 nitrogen and oxygen atoms in total. The first-order chi connectivity index (χ1) is 20.6. The lowest BCUT2D eigenvalue weighted by molar-refractivity contribution is -0.136. The fourth-order valence-corrected chi connectivity index (χ4v) is 5.43. The number of aromatic nitrogens is 3. The first-order valence-corrected chi connectivity index (χ1v) is 15.4. The van der Waals surface area contributed by atoms with Crippen LogP contribution in [0.15, 0.2) is 30.7 Å². The zero-order chi connectivity index (χ0) is 31.2. The van der Waals surface area contributed by atoms with Crippen molar-refractivity contribution in [2.45, 2.75) is 84.4 Å². The summed E-state index contributed by atoms with van der Waals surface area (Å²) in [4.78, 5) is 24.8. The molecule has 4 rings (SSSR count). The van der Waals surface area contributed by atoms with Gasteiger partial charge in [-0.25, -0.2) is 14.8 Å². The second-order valence-corrected chi connectivity index (χ2v) is 11.1. The van der Waals surface area contributed by atoms with Gasteiger partial charge < -0.3 is 20.1 Å². The number of H-pyrrole nitrogens is 1. The summed E-state index contributed by atoms with van der Waals surface area (Å²) in [6.07, 6.45) is 11.6. The fourth-order valence-electron chi connectivity index (χ4n) is 5.43. The third-order valence-electron chi connectivity index (χ3n) is 7.77. The lowest BCUT2D eigenvalue weighted by Crippen LogP contribution is -2.43. The van der Waals surface area contributed by atoms with Crippen LogP contribution in [0.4, 0.5) is 13.2 Å². The van der Waals surface area contributed by atoms with Crippen molar-refractivity contribution in [2.75, 3.05) is 39.4 Å². The maximum absolute atomic E-state index is 12.9. The number of ether oxygens (including phenoxy) is 1. The standard InChI is InChI=1S/C21H38N4O.C11H8F3NO2/c1-3-4-5-6-7-8-9-10-11-22-18-21(25-12-14-26-15-13-25)20-16-23-19(2)24-17-20;1-5-4-7(10(16)17)8(11(12,13)14)6-2-3-15-9(5)6/h16-17,21-22H,3-15,18H2,1-2H3;2-4,15H,1H3,(H,16,17). The summed E-state index contributed by atoms with van der Waals surface area (Å²) in [5, 5.41) is 12.4. The molecule has 1 aromatic carbocycles. The van der Waals surface area contributed by atoms with Gasteiger partial charge in [-0.05, 0) is 44.5 Å². The van der Waals surface area contributed by atoms with Gasteiger partial charge in [0, 0.05) is 54.7 Å². The van der Waals surface area contributed by atoms with E-state index in [0.29, 0.717) is 17.1 Å². The zero-order valence-corrected chi connectivity index (χ0v) is 25.6. The van der Waals surface area contributed by atoms with Gasteiger partial charge in [-0.3, -0.25) is 4.90 Å². The number of carboxylic acid groups (broad SMARTS) is 1. The van der Waals surface area contributed by atoms with E-state index in [4.69, 9.17) is 9.84 Å². The van der Waals surface area contributed by atoms with Gasteiger partial charge in [0.25, 0.3) is 0 Å². The lowest BCUT2D eigenvalue weighted by Gasteiger charge is -2.34. The summed E-state index contributed by atoms with van der Waals surface area (Å²) >= 11 is 0. The molecule has 0 amide bonds. The molecule has 0 radical (unpaired) electrons. The number of fused-ring (bicyclic) bond motifs is 1. The largest absolute Gasteiger partial charge is 0.478 e. The van der Waals surface area contributed by atoms with Crippen molar-refractivity contribution in [1.29, 1.82) is 0 Å². The van der Waals surface area contributed by atoms with Gasteiger partial charge in [0.1, 0.15) is 5.82 Å². The molecule has 43 heavy (non-hydrogen) atoms. The Morgan fingerprint density at radius 2 is 1.70 bits per heavy atom. The number of carbonyl (C=O) groups is 1. The van der Waals surface area contributed by atoms with Gasteiger partial charge in [0.2, 0.25) is 0 Å². The minimum atomic E-state index is -4.69. The number of nitrogens with one attached hydrogen (secondary N) is 2. The van der Waals surface area contributed by atoms with Crippen molar-refractivity contribution >= 4 is 16.9 Å². The Bertz CT molecular complexity index is 1260. The van der Waals surface area contributed by atoms with Crippen molar-refractivity contribution < 1.29 is 27.8 Å². The highest BCUT2D eigenvalue weighted by molar-refractivity contribution is 5.98. The van der Waals surface area contributed by atoms with E-state index in [1.165, 1.54) is 69.2 Å². The number of aryl methyl sites for hydroxylation is 2. The smallest absolute Gasteiger partial charge is 0.417 e. The molecule has 0 saturated carbocycles. The van der Waals surface area contributed by atoms with Gasteiger partial charge >= 0.3 is 12.1 Å². The summed E-state index contributed by atoms with van der Waals surface area (Å²) < 4.78 is 44.1. The van der Waals surface area contributed by atoms with Crippen LogP contribution >= 0.6 is 0 Å². The van der Waals surface area contributed by atoms with Crippen molar-refractivity contribution in [1.82, 2.24) is 25.2 Å². The summed E-state index contributed by atoms with van der Waals surface area (Å²) in [7, 11) is 0. The molecule has 3 N–H and O–H groups in total. The Balaban J connectivity index is 0.000000257. The summed E-state index contributed by atoms with van der Waals surface area (Å²) in [5.41, 5.74) is 0.160. The Kier molecular flexibility index (Phi) is 13.9. The SMILES string of the molecule is CCCCCCCCCCNCC(c1cnc(C)nc1)N1CCOCC1.Cc1cc(C(=O)O)c(C(F)(F)F)c2cc[nH]c12. The topological polar surface area (TPSA) is 103 Å². The van der Waals surface area contributed by atoms with Gasteiger partial charge in [-0.1, -0.05) is 51.9 Å². The van der Waals surface area contributed by atoms with E-state index in [0.717, 1.165) is 51.3 Å². The molecule has 0 aliphatic carbocycles. The summed E-state index contributed by atoms with van der Waals surface area (Å²) in [5.74, 6) is -0.745. The Morgan fingerprint density at radius 3 is 2.30 bits per heavy atom. The fraction of sp³-hybridized carbons (Fsp3) is 0.594. The van der Waals surface area contributed by atoms with Crippen molar-refractivity contribution in [2.24, 2.45) is 0 Å². The minimum Gasteiger partial charge on any atom is -0.478 e. The van der Waals surface area contributed by atoms with Crippen LogP contribution in [0.25, 0.3) is 10.9 Å². The third kappa shape index (κ3) is 10.6. The van der Waals surface area contributed by atoms with E-state index in [9.17, 15) is 18.0 Å². The molecule has 1 atom stereocenters. The molecular formula is C32H46F3N5O3. The molecule has 1 fully saturated rings. The van der Waals surface area contributed by atoms with Crippen molar-refractivity contribution in [3.63, 3.8) is 0 Å². The molecule has 1 aliphatic rings. The maximum atomic E-state index is 12.9. The zero-order valence-electron chi connectivity index (χ0n) is 25.6. The van der Waals surface area contributed by atoms with Crippen LogP contribution in [0.5, 0.6) is 0 Å². The predicted molar refractivity (Wildman–Crippen MR) is 162 cm³/mol. The van der Waals surface area contributed by atoms with Crippen LogP contribution in [0.3, 0.4) is 0 Å². The second-order valence-electron chi connectivity index (χ2n) is 11.1. The van der Waals surface area contributed by atoms with Crippen LogP contribution < -0.4 is 5.32 Å². The summed E-state index contributed by atoms with van der Waals surface area (Å²) in [6, 6.07) is 2.61. The van der Waals surface area contributed by atoms with Crippen molar-refractivity contribution in [3.05, 3.63) is 58.8 Å². The number of rotatable bonds is 14. The van der Waals surface area contributed by atoms with Crippen LogP contribution in [-0.4, -0.2) is 70.3 Å². The first-order valence-electron chi connectivity index (χ1n) is 15.4. The van der Waals surface area contributed by atoms with Crippen LogP contribution in [-0.2, 0) is 10.9 Å². The van der Waals surface area contributed by atoms with E-state index in [2.05, 4.69) is 32.1 Å². The highest BCUT2D eigenvalue weighted by Crippen LogP contribution is 2.38. The van der Waals surface area contributed by atoms with Crippen molar-refractivity contribution in [3.8, 4) is 0 Å². The van der Waals surface area contributed by atoms with Crippen LogP contribution in [0.2, 0.25) is 0 Å². The number of aromatic carboxylic acids is 1. The third-order valence-corrected chi connectivity index (χ3v) is 7.77. The highest BCUT2D eigenvalue weighted by Gasteiger charge is 2.38. The molecule has 0 bridgehead atoms. The number of halogens is 3. The molecule has 3 heterocycles. The number of alkyl halides is 3. The molecule has 1 unspecified atom stereocenters. The average molecular weight is 606 g/mol. The van der Waals surface area contributed by atoms with E-state index < -0.39 is 23.3 Å². The summed E-state index contributed by atoms with van der Waals surface area (Å²) in [6.45, 7) is 11.4. The molecule has 3 aromatic rings. The molecule has 0 spiro atoms. The number of unbranched alkanes of at least 4 members (excludes halogenated alkanes) is 7. The van der Waals surface area contributed by atoms with E-state index >= 15 is 0 Å². The molecular weight excluding hydrogens is 559 g/mol. The van der Waals surface area contributed by atoms with E-state index in [1.54, 1.807) is 6.92 Å². The number of morpholine rings is 1. The van der Waals surface area contributed by atoms with Gasteiger partial charge in [0.05, 0.1) is 30.4 Å². The number of aromatic amines is 1. The first kappa shape index (κ1) is 34.5. The highest BCUT2D eigenvalue weighted by atomic mass is 19.4. The molecule has 1 aliphatic heterocycles. The second kappa shape index (κ2) is 17.3. The number of carboxylic acids is 1. The predicted octanol–water partition coefficient (Wildman–Crippen LogP) is 7.08. The Morgan fingerprint density at radius 1 is 1.07 bits per heavy atom. The maximum Gasteiger partial charge on any atom is 0.417 e. The molecule has 2 aromatic heterocycles. The minimum absolute atomic E-state index is 0.116. The van der Waals surface area contributed by atoms with Gasteiger partial charge in [-0.15, -0.1) is 0 Å². The lowest BCUT2D eigenvalue weighted by atomic mass is 9.99. The molecule has 11 heteroatoms. The quantitative estimate of drug-likeness (QED) is 0.169. The Hall–Kier alpha value is -3.02. The van der Waals surface area contributed by atoms with Crippen LogP contribution in [0.1, 0.15) is 97.2 Å². The number of hydrogen-bond donors (Lipinski definition) is 3. The Labute approximate surface area is 252 Å². The number of hydrogen-bond acceptors (Lipinski definition) is 6. The van der Waals surface area contributed by atoms with E-state index in [1.807, 2.05) is 19.3 Å². The monoisotopic (exact) mass is 605 g/mol. The molecule has 238 valence electrons. The molecule has 1 saturated heterocycles. The van der Waals surface area contributed by atoms with Gasteiger partial charge in [-0.2, -0.15) is 13.2 Å².